The molecule has 0 bridgehead atoms. The van der Waals surface area contributed by atoms with Gasteiger partial charge in [0.05, 0.1) is 11.8 Å². The zero-order chi connectivity index (χ0) is 14.3. The standard InChI is InChI=1S/C15H13ClFN3/c1-9-5-11(3-4-12(9)17)7-20-8-18-14-13(20)6-10(2)19-15(14)16/h3-6,8H,7H2,1-2H3. The van der Waals surface area contributed by atoms with Crippen molar-refractivity contribution in [2.24, 2.45) is 0 Å². The minimum atomic E-state index is -0.188. The van der Waals surface area contributed by atoms with Gasteiger partial charge >= 0.3 is 0 Å². The second kappa shape index (κ2) is 4.87. The van der Waals surface area contributed by atoms with Gasteiger partial charge in [-0.2, -0.15) is 0 Å². The quantitative estimate of drug-likeness (QED) is 0.670. The lowest BCUT2D eigenvalue weighted by Gasteiger charge is -2.07. The molecule has 0 spiro atoms. The van der Waals surface area contributed by atoms with Crippen molar-refractivity contribution in [3.05, 3.63) is 58.4 Å². The molecule has 0 saturated heterocycles. The smallest absolute Gasteiger partial charge is 0.157 e. The third kappa shape index (κ3) is 2.27. The molecule has 0 fully saturated rings. The van der Waals surface area contributed by atoms with Gasteiger partial charge in [-0.15, -0.1) is 0 Å². The predicted octanol–water partition coefficient (Wildman–Crippen LogP) is 3.89. The first-order valence-electron chi connectivity index (χ1n) is 6.27. The summed E-state index contributed by atoms with van der Waals surface area (Å²) in [6, 6.07) is 7.06. The summed E-state index contributed by atoms with van der Waals surface area (Å²) in [5, 5.41) is 0.411. The van der Waals surface area contributed by atoms with Crippen molar-refractivity contribution >= 4 is 22.6 Å². The molecule has 102 valence electrons. The Balaban J connectivity index is 2.04. The molecule has 0 atom stereocenters. The fraction of sp³-hybridized carbons (Fsp3) is 0.200. The molecule has 0 radical (unpaired) electrons. The van der Waals surface area contributed by atoms with Gasteiger partial charge in [0.25, 0.3) is 0 Å². The highest BCUT2D eigenvalue weighted by Gasteiger charge is 2.09. The lowest BCUT2D eigenvalue weighted by molar-refractivity contribution is 0.617. The van der Waals surface area contributed by atoms with E-state index in [1.165, 1.54) is 6.07 Å². The van der Waals surface area contributed by atoms with E-state index >= 15 is 0 Å². The second-order valence-electron chi connectivity index (χ2n) is 4.88. The van der Waals surface area contributed by atoms with Gasteiger partial charge in [-0.25, -0.2) is 14.4 Å². The normalized spacial score (nSPS) is 11.2. The van der Waals surface area contributed by atoms with E-state index in [0.717, 1.165) is 16.8 Å². The van der Waals surface area contributed by atoms with Crippen LogP contribution >= 0.6 is 11.6 Å². The van der Waals surface area contributed by atoms with Crippen molar-refractivity contribution < 1.29 is 4.39 Å². The highest BCUT2D eigenvalue weighted by Crippen LogP contribution is 2.22. The van der Waals surface area contributed by atoms with E-state index in [1.807, 2.05) is 23.6 Å². The Morgan fingerprint density at radius 1 is 1.25 bits per heavy atom. The molecule has 20 heavy (non-hydrogen) atoms. The fourth-order valence-corrected chi connectivity index (χ4v) is 2.55. The lowest BCUT2D eigenvalue weighted by atomic mass is 10.1. The maximum absolute atomic E-state index is 13.3. The van der Waals surface area contributed by atoms with Crippen LogP contribution in [0.1, 0.15) is 16.8 Å². The number of aromatic nitrogens is 3. The van der Waals surface area contributed by atoms with Gasteiger partial charge in [-0.3, -0.25) is 0 Å². The van der Waals surface area contributed by atoms with E-state index in [0.29, 0.717) is 22.8 Å². The molecule has 0 unspecified atom stereocenters. The summed E-state index contributed by atoms with van der Waals surface area (Å²) in [4.78, 5) is 8.48. The number of benzene rings is 1. The van der Waals surface area contributed by atoms with Crippen LogP contribution in [0.5, 0.6) is 0 Å². The molecular weight excluding hydrogens is 277 g/mol. The van der Waals surface area contributed by atoms with Crippen LogP contribution in [0.25, 0.3) is 11.0 Å². The van der Waals surface area contributed by atoms with E-state index in [4.69, 9.17) is 11.6 Å². The van der Waals surface area contributed by atoms with Crippen LogP contribution in [0.4, 0.5) is 4.39 Å². The number of rotatable bonds is 2. The van der Waals surface area contributed by atoms with Crippen molar-refractivity contribution in [3.63, 3.8) is 0 Å². The maximum atomic E-state index is 13.3. The monoisotopic (exact) mass is 289 g/mol. The summed E-state index contributed by atoms with van der Waals surface area (Å²) in [5.74, 6) is -0.188. The zero-order valence-electron chi connectivity index (χ0n) is 11.2. The molecule has 0 amide bonds. The molecular formula is C15H13ClFN3. The molecule has 0 saturated carbocycles. The van der Waals surface area contributed by atoms with Gasteiger partial charge < -0.3 is 4.57 Å². The van der Waals surface area contributed by atoms with Crippen LogP contribution in [0.2, 0.25) is 5.15 Å². The number of aryl methyl sites for hydroxylation is 2. The topological polar surface area (TPSA) is 30.7 Å². The van der Waals surface area contributed by atoms with E-state index in [1.54, 1.807) is 19.3 Å². The Kier molecular flexibility index (Phi) is 3.18. The number of fused-ring (bicyclic) bond motifs is 1. The average molecular weight is 290 g/mol. The highest BCUT2D eigenvalue weighted by atomic mass is 35.5. The number of hydrogen-bond acceptors (Lipinski definition) is 2. The van der Waals surface area contributed by atoms with Gasteiger partial charge in [0, 0.05) is 12.2 Å². The van der Waals surface area contributed by atoms with Crippen LogP contribution in [-0.2, 0) is 6.54 Å². The van der Waals surface area contributed by atoms with Crippen molar-refractivity contribution in [2.75, 3.05) is 0 Å². The van der Waals surface area contributed by atoms with Crippen molar-refractivity contribution in [2.45, 2.75) is 20.4 Å². The summed E-state index contributed by atoms with van der Waals surface area (Å²) in [6.07, 6.45) is 1.73. The van der Waals surface area contributed by atoms with Gasteiger partial charge in [-0.1, -0.05) is 23.7 Å². The average Bonchev–Trinajstić information content (AvgIpc) is 2.77. The van der Waals surface area contributed by atoms with Crippen molar-refractivity contribution in [3.8, 4) is 0 Å². The molecule has 2 heterocycles. The van der Waals surface area contributed by atoms with Crippen LogP contribution in [0.3, 0.4) is 0 Å². The van der Waals surface area contributed by atoms with Crippen molar-refractivity contribution in [1.29, 1.82) is 0 Å². The summed E-state index contributed by atoms with van der Waals surface area (Å²) in [5.41, 5.74) is 4.14. The van der Waals surface area contributed by atoms with E-state index in [-0.39, 0.29) is 5.82 Å². The van der Waals surface area contributed by atoms with Crippen LogP contribution in [-0.4, -0.2) is 14.5 Å². The molecule has 0 aliphatic heterocycles. The predicted molar refractivity (Wildman–Crippen MR) is 77.5 cm³/mol. The maximum Gasteiger partial charge on any atom is 0.157 e. The molecule has 0 aliphatic carbocycles. The molecule has 1 aromatic carbocycles. The fourth-order valence-electron chi connectivity index (χ4n) is 2.27. The first kappa shape index (κ1) is 13.1. The lowest BCUT2D eigenvalue weighted by Crippen LogP contribution is -1.99. The third-order valence-corrected chi connectivity index (χ3v) is 3.53. The summed E-state index contributed by atoms with van der Waals surface area (Å²) in [7, 11) is 0. The number of imidazole rings is 1. The first-order chi connectivity index (χ1) is 9.54. The Morgan fingerprint density at radius 3 is 2.80 bits per heavy atom. The Morgan fingerprint density at radius 2 is 2.05 bits per heavy atom. The second-order valence-corrected chi connectivity index (χ2v) is 5.24. The third-order valence-electron chi connectivity index (χ3n) is 3.27. The number of pyridine rings is 1. The Hall–Kier alpha value is -1.94. The minimum absolute atomic E-state index is 0.188. The van der Waals surface area contributed by atoms with E-state index < -0.39 is 0 Å². The van der Waals surface area contributed by atoms with Crippen LogP contribution < -0.4 is 0 Å². The first-order valence-corrected chi connectivity index (χ1v) is 6.65. The van der Waals surface area contributed by atoms with Crippen molar-refractivity contribution in [1.82, 2.24) is 14.5 Å². The molecule has 5 heteroatoms. The van der Waals surface area contributed by atoms with E-state index in [2.05, 4.69) is 9.97 Å². The molecule has 3 nitrogen and oxygen atoms in total. The molecule has 3 aromatic rings. The van der Waals surface area contributed by atoms with Crippen LogP contribution in [0, 0.1) is 19.7 Å². The van der Waals surface area contributed by atoms with Gasteiger partial charge in [0.15, 0.2) is 5.15 Å². The summed E-state index contributed by atoms with van der Waals surface area (Å²) in [6.45, 7) is 4.28. The van der Waals surface area contributed by atoms with Crippen LogP contribution in [0.15, 0.2) is 30.6 Å². The SMILES string of the molecule is Cc1cc2c(ncn2Cc2ccc(F)c(C)c2)c(Cl)n1. The molecule has 0 N–H and O–H groups in total. The van der Waals surface area contributed by atoms with Gasteiger partial charge in [-0.05, 0) is 37.1 Å². The van der Waals surface area contributed by atoms with E-state index in [9.17, 15) is 4.39 Å². The number of hydrogen-bond donors (Lipinski definition) is 0. The summed E-state index contributed by atoms with van der Waals surface area (Å²) >= 11 is 6.09. The van der Waals surface area contributed by atoms with Gasteiger partial charge in [0.2, 0.25) is 0 Å². The zero-order valence-corrected chi connectivity index (χ0v) is 11.9. The minimum Gasteiger partial charge on any atom is -0.326 e. The number of nitrogens with zero attached hydrogens (tertiary/aromatic N) is 3. The molecule has 0 aliphatic rings. The Bertz CT molecular complexity index is 795. The number of halogens is 2. The molecule has 2 aromatic heterocycles. The molecule has 3 rings (SSSR count). The highest BCUT2D eigenvalue weighted by molar-refractivity contribution is 6.33. The Labute approximate surface area is 121 Å². The van der Waals surface area contributed by atoms with Gasteiger partial charge in [0.1, 0.15) is 11.3 Å². The summed E-state index contributed by atoms with van der Waals surface area (Å²) < 4.78 is 15.3. The largest absolute Gasteiger partial charge is 0.326 e.